The van der Waals surface area contributed by atoms with Crippen LogP contribution in [0.1, 0.15) is 32.6 Å². The molecule has 7 heteroatoms. The molecule has 1 aliphatic heterocycles. The van der Waals surface area contributed by atoms with Crippen molar-refractivity contribution in [1.29, 1.82) is 0 Å². The molecule has 1 aromatic rings. The summed E-state index contributed by atoms with van der Waals surface area (Å²) in [6.07, 6.45) is 4.27. The topological polar surface area (TPSA) is 70.6 Å². The molecule has 0 amide bonds. The van der Waals surface area contributed by atoms with Crippen LogP contribution >= 0.6 is 0 Å². The van der Waals surface area contributed by atoms with Gasteiger partial charge in [0.1, 0.15) is 10.7 Å². The molecule has 0 atom stereocenters. The van der Waals surface area contributed by atoms with E-state index < -0.39 is 15.8 Å². The standard InChI is InChI=1S/C13H18FN3O2S/c1-2-3-4-5-8-15-13-16-11-7-6-10(14)9-12(11)20(18,19)17-13/h6-7,9H,2-5,8H2,1H3,(H2,15,16,17). The molecule has 110 valence electrons. The smallest absolute Gasteiger partial charge is 0.266 e. The molecule has 0 radical (unpaired) electrons. The maximum absolute atomic E-state index is 13.1. The minimum absolute atomic E-state index is 0.0950. The fourth-order valence-electron chi connectivity index (χ4n) is 1.96. The van der Waals surface area contributed by atoms with E-state index in [0.29, 0.717) is 12.2 Å². The van der Waals surface area contributed by atoms with Crippen LogP contribution in [0.4, 0.5) is 10.1 Å². The van der Waals surface area contributed by atoms with E-state index in [9.17, 15) is 12.8 Å². The van der Waals surface area contributed by atoms with Crippen LogP contribution in [0.2, 0.25) is 0 Å². The Morgan fingerprint density at radius 3 is 2.80 bits per heavy atom. The highest BCUT2D eigenvalue weighted by Gasteiger charge is 2.26. The first kappa shape index (κ1) is 14.8. The Kier molecular flexibility index (Phi) is 4.59. The highest BCUT2D eigenvalue weighted by Crippen LogP contribution is 2.25. The summed E-state index contributed by atoms with van der Waals surface area (Å²) in [6.45, 7) is 2.68. The minimum atomic E-state index is -3.74. The van der Waals surface area contributed by atoms with Crippen molar-refractivity contribution in [3.05, 3.63) is 24.0 Å². The molecule has 20 heavy (non-hydrogen) atoms. The van der Waals surface area contributed by atoms with E-state index >= 15 is 0 Å². The zero-order chi connectivity index (χ0) is 14.6. The van der Waals surface area contributed by atoms with Crippen LogP contribution in [0.3, 0.4) is 0 Å². The van der Waals surface area contributed by atoms with Gasteiger partial charge in [-0.15, -0.1) is 0 Å². The summed E-state index contributed by atoms with van der Waals surface area (Å²) < 4.78 is 39.4. The number of hydrogen-bond donors (Lipinski definition) is 2. The molecule has 5 nitrogen and oxygen atoms in total. The molecule has 1 aromatic carbocycles. The van der Waals surface area contributed by atoms with Crippen LogP contribution in [-0.2, 0) is 10.0 Å². The summed E-state index contributed by atoms with van der Waals surface area (Å²) in [5.74, 6) is -0.392. The van der Waals surface area contributed by atoms with Crippen molar-refractivity contribution in [1.82, 2.24) is 4.72 Å². The van der Waals surface area contributed by atoms with Gasteiger partial charge in [0.2, 0.25) is 5.96 Å². The average molecular weight is 299 g/mol. The Morgan fingerprint density at radius 2 is 2.05 bits per heavy atom. The Bertz CT molecular complexity index is 614. The molecule has 0 saturated heterocycles. The molecular weight excluding hydrogens is 281 g/mol. The van der Waals surface area contributed by atoms with Crippen molar-refractivity contribution in [3.63, 3.8) is 0 Å². The van der Waals surface area contributed by atoms with Crippen molar-refractivity contribution in [2.45, 2.75) is 37.5 Å². The van der Waals surface area contributed by atoms with Crippen molar-refractivity contribution in [2.24, 2.45) is 4.99 Å². The second-order valence-electron chi connectivity index (χ2n) is 4.66. The van der Waals surface area contributed by atoms with Crippen molar-refractivity contribution in [3.8, 4) is 0 Å². The van der Waals surface area contributed by atoms with Crippen molar-refractivity contribution in [2.75, 3.05) is 11.9 Å². The third-order valence-electron chi connectivity index (χ3n) is 3.00. The molecule has 0 aromatic heterocycles. The number of rotatable bonds is 5. The molecule has 0 bridgehead atoms. The summed E-state index contributed by atoms with van der Waals surface area (Å²) in [6, 6.07) is 3.60. The van der Waals surface area contributed by atoms with Crippen molar-refractivity contribution >= 4 is 21.7 Å². The zero-order valence-electron chi connectivity index (χ0n) is 11.3. The number of halogens is 1. The monoisotopic (exact) mass is 299 g/mol. The Labute approximate surface area is 118 Å². The summed E-state index contributed by atoms with van der Waals surface area (Å²) in [5, 5.41) is 2.86. The number of aliphatic imine (C=N–C) groups is 1. The Hall–Kier alpha value is -1.63. The first-order valence-electron chi connectivity index (χ1n) is 6.67. The second-order valence-corrected chi connectivity index (χ2v) is 6.31. The lowest BCUT2D eigenvalue weighted by Crippen LogP contribution is -2.40. The first-order chi connectivity index (χ1) is 9.53. The third-order valence-corrected chi connectivity index (χ3v) is 4.38. The van der Waals surface area contributed by atoms with Gasteiger partial charge in [-0.1, -0.05) is 26.2 Å². The van der Waals surface area contributed by atoms with Crippen molar-refractivity contribution < 1.29 is 12.8 Å². The zero-order valence-corrected chi connectivity index (χ0v) is 12.1. The van der Waals surface area contributed by atoms with Crippen LogP contribution in [0.5, 0.6) is 0 Å². The van der Waals surface area contributed by atoms with Gasteiger partial charge in [-0.05, 0) is 24.6 Å². The summed E-state index contributed by atoms with van der Waals surface area (Å²) in [7, 11) is -3.74. The lowest BCUT2D eigenvalue weighted by atomic mass is 10.2. The SMILES string of the molecule is CCCCCCN=C1Nc2ccc(F)cc2S(=O)(=O)N1. The number of benzene rings is 1. The fraction of sp³-hybridized carbons (Fsp3) is 0.462. The third kappa shape index (κ3) is 3.47. The molecule has 2 N–H and O–H groups in total. The van der Waals surface area contributed by atoms with Crippen LogP contribution < -0.4 is 10.0 Å². The maximum atomic E-state index is 13.1. The van der Waals surface area contributed by atoms with Gasteiger partial charge in [0, 0.05) is 6.54 Å². The second kappa shape index (κ2) is 6.21. The number of nitrogens with one attached hydrogen (secondary N) is 2. The van der Waals surface area contributed by atoms with Gasteiger partial charge in [-0.2, -0.15) is 0 Å². The molecule has 1 heterocycles. The van der Waals surface area contributed by atoms with E-state index in [2.05, 4.69) is 22.0 Å². The van der Waals surface area contributed by atoms with E-state index in [1.54, 1.807) is 0 Å². The van der Waals surface area contributed by atoms with Gasteiger partial charge in [0.05, 0.1) is 5.69 Å². The fourth-order valence-corrected chi connectivity index (χ4v) is 3.11. The van der Waals surface area contributed by atoms with E-state index in [4.69, 9.17) is 0 Å². The number of sulfonamides is 1. The van der Waals surface area contributed by atoms with Crippen LogP contribution in [0.25, 0.3) is 0 Å². The van der Waals surface area contributed by atoms with E-state index in [-0.39, 0.29) is 10.9 Å². The molecule has 2 rings (SSSR count). The maximum Gasteiger partial charge on any atom is 0.266 e. The Balaban J connectivity index is 2.11. The lowest BCUT2D eigenvalue weighted by molar-refractivity contribution is 0.586. The number of unbranched alkanes of at least 4 members (excludes halogenated alkanes) is 3. The minimum Gasteiger partial charge on any atom is -0.324 e. The highest BCUT2D eigenvalue weighted by molar-refractivity contribution is 7.90. The van der Waals surface area contributed by atoms with Gasteiger partial charge in [-0.25, -0.2) is 17.5 Å². The van der Waals surface area contributed by atoms with Gasteiger partial charge >= 0.3 is 0 Å². The molecule has 0 unspecified atom stereocenters. The molecule has 0 aliphatic carbocycles. The summed E-state index contributed by atoms with van der Waals surface area (Å²) in [4.78, 5) is 4.10. The number of fused-ring (bicyclic) bond motifs is 1. The first-order valence-corrected chi connectivity index (χ1v) is 8.15. The molecular formula is C13H18FN3O2S. The molecule has 0 fully saturated rings. The number of guanidine groups is 1. The van der Waals surface area contributed by atoms with Crippen LogP contribution in [0, 0.1) is 5.82 Å². The molecule has 1 aliphatic rings. The van der Waals surface area contributed by atoms with E-state index in [1.165, 1.54) is 12.1 Å². The quantitative estimate of drug-likeness (QED) is 0.821. The van der Waals surface area contributed by atoms with Gasteiger partial charge in [0.25, 0.3) is 10.0 Å². The van der Waals surface area contributed by atoms with E-state index in [0.717, 1.165) is 31.7 Å². The van der Waals surface area contributed by atoms with Crippen LogP contribution in [-0.4, -0.2) is 20.9 Å². The summed E-state index contributed by atoms with van der Waals surface area (Å²) >= 11 is 0. The largest absolute Gasteiger partial charge is 0.324 e. The van der Waals surface area contributed by atoms with E-state index in [1.807, 2.05) is 0 Å². The molecule has 0 spiro atoms. The average Bonchev–Trinajstić information content (AvgIpc) is 2.39. The normalized spacial score (nSPS) is 18.2. The Morgan fingerprint density at radius 1 is 1.25 bits per heavy atom. The predicted molar refractivity (Wildman–Crippen MR) is 76.8 cm³/mol. The van der Waals surface area contributed by atoms with Gasteiger partial charge in [0.15, 0.2) is 0 Å². The number of anilines is 1. The molecule has 0 saturated carbocycles. The van der Waals surface area contributed by atoms with Crippen LogP contribution in [0.15, 0.2) is 28.1 Å². The van der Waals surface area contributed by atoms with Gasteiger partial charge < -0.3 is 5.32 Å². The lowest BCUT2D eigenvalue weighted by Gasteiger charge is -2.21. The number of nitrogens with zero attached hydrogens (tertiary/aromatic N) is 1. The number of hydrogen-bond acceptors (Lipinski definition) is 3. The summed E-state index contributed by atoms with van der Waals surface area (Å²) in [5.41, 5.74) is 0.345. The highest BCUT2D eigenvalue weighted by atomic mass is 32.2. The predicted octanol–water partition coefficient (Wildman–Crippen LogP) is 2.47. The van der Waals surface area contributed by atoms with Gasteiger partial charge in [-0.3, -0.25) is 4.99 Å².